The van der Waals surface area contributed by atoms with Gasteiger partial charge < -0.3 is 9.47 Å². The van der Waals surface area contributed by atoms with Crippen molar-refractivity contribution in [1.82, 2.24) is 10.0 Å². The molecule has 0 aromatic heterocycles. The smallest absolute Gasteiger partial charge is 0.429 e. The summed E-state index contributed by atoms with van der Waals surface area (Å²) in [5.74, 6) is 1.09. The van der Waals surface area contributed by atoms with Crippen molar-refractivity contribution in [2.75, 3.05) is 7.11 Å². The number of hydrazine groups is 1. The molecule has 5 heteroatoms. The van der Waals surface area contributed by atoms with Gasteiger partial charge in [-0.25, -0.2) is 9.80 Å². The maximum Gasteiger partial charge on any atom is 0.429 e. The van der Waals surface area contributed by atoms with Gasteiger partial charge in [-0.1, -0.05) is 44.2 Å². The first-order valence-corrected chi connectivity index (χ1v) is 10.4. The summed E-state index contributed by atoms with van der Waals surface area (Å²) in [6.45, 7) is 10.6. The van der Waals surface area contributed by atoms with Crippen molar-refractivity contribution in [3.63, 3.8) is 0 Å². The average molecular weight is 409 g/mol. The third-order valence-corrected chi connectivity index (χ3v) is 4.98. The van der Waals surface area contributed by atoms with Gasteiger partial charge in [0.05, 0.1) is 18.8 Å². The summed E-state index contributed by atoms with van der Waals surface area (Å²) in [4.78, 5) is 13.3. The summed E-state index contributed by atoms with van der Waals surface area (Å²) in [5, 5.41) is 3.80. The first-order chi connectivity index (χ1) is 14.2. The molecule has 0 radical (unpaired) electrons. The number of carbonyl (C=O) groups is 1. The largest absolute Gasteiger partial charge is 0.497 e. The minimum absolute atomic E-state index is 0.0647. The molecule has 2 aromatic rings. The number of rotatable bonds is 5. The molecular formula is C25H32N2O3. The molecular weight excluding hydrogens is 376 g/mol. The lowest BCUT2D eigenvalue weighted by molar-refractivity contribution is -0.0336. The second-order valence-corrected chi connectivity index (χ2v) is 8.89. The highest BCUT2D eigenvalue weighted by molar-refractivity contribution is 5.83. The third kappa shape index (κ3) is 5.03. The number of carbonyl (C=O) groups excluding carboxylic acids is 1. The zero-order valence-electron chi connectivity index (χ0n) is 18.8. The topological polar surface area (TPSA) is 42.0 Å². The van der Waals surface area contributed by atoms with E-state index in [1.54, 1.807) is 12.1 Å². The highest BCUT2D eigenvalue weighted by atomic mass is 16.6. The van der Waals surface area contributed by atoms with Crippen molar-refractivity contribution >= 4 is 11.8 Å². The van der Waals surface area contributed by atoms with Crippen LogP contribution in [0.2, 0.25) is 0 Å². The molecule has 1 unspecified atom stereocenters. The van der Waals surface area contributed by atoms with E-state index in [9.17, 15) is 4.79 Å². The minimum Gasteiger partial charge on any atom is -0.497 e. The van der Waals surface area contributed by atoms with Gasteiger partial charge in [0.25, 0.3) is 0 Å². The fraction of sp³-hybridized carbons (Fsp3) is 0.400. The van der Waals surface area contributed by atoms with E-state index in [1.165, 1.54) is 0 Å². The molecule has 30 heavy (non-hydrogen) atoms. The second kappa shape index (κ2) is 8.92. The SMILES string of the molecule is COc1ccc(C2=CC(C(C)C)N(Cc3ccccc3)N2C(=O)OC(C)(C)C)cc1. The quantitative estimate of drug-likeness (QED) is 0.634. The van der Waals surface area contributed by atoms with E-state index in [4.69, 9.17) is 9.47 Å². The van der Waals surface area contributed by atoms with E-state index in [-0.39, 0.29) is 12.1 Å². The summed E-state index contributed by atoms with van der Waals surface area (Å²) in [7, 11) is 1.65. The van der Waals surface area contributed by atoms with E-state index in [0.717, 1.165) is 22.6 Å². The van der Waals surface area contributed by atoms with Crippen LogP contribution in [0.3, 0.4) is 0 Å². The number of ether oxygens (including phenoxy) is 2. The van der Waals surface area contributed by atoms with Gasteiger partial charge in [-0.2, -0.15) is 5.01 Å². The van der Waals surface area contributed by atoms with E-state index in [1.807, 2.05) is 63.2 Å². The Morgan fingerprint density at radius 2 is 1.67 bits per heavy atom. The predicted octanol–water partition coefficient (Wildman–Crippen LogP) is 5.73. The molecule has 0 aliphatic carbocycles. The molecule has 0 N–H and O–H groups in total. The maximum atomic E-state index is 13.3. The van der Waals surface area contributed by atoms with Crippen LogP contribution in [0, 0.1) is 5.92 Å². The highest BCUT2D eigenvalue weighted by Crippen LogP contribution is 2.36. The van der Waals surface area contributed by atoms with Crippen molar-refractivity contribution in [1.29, 1.82) is 0 Å². The Balaban J connectivity index is 2.02. The molecule has 160 valence electrons. The summed E-state index contributed by atoms with van der Waals surface area (Å²) in [6, 6.07) is 18.0. The van der Waals surface area contributed by atoms with Crippen LogP contribution in [-0.4, -0.2) is 34.9 Å². The third-order valence-electron chi connectivity index (χ3n) is 4.98. The van der Waals surface area contributed by atoms with Crippen LogP contribution < -0.4 is 4.74 Å². The molecule has 0 saturated heterocycles. The number of amides is 1. The van der Waals surface area contributed by atoms with Gasteiger partial charge in [0.2, 0.25) is 0 Å². The zero-order chi connectivity index (χ0) is 21.9. The molecule has 0 fully saturated rings. The van der Waals surface area contributed by atoms with E-state index < -0.39 is 5.60 Å². The molecule has 3 rings (SSSR count). The van der Waals surface area contributed by atoms with Gasteiger partial charge in [0, 0.05) is 6.54 Å². The Bertz CT molecular complexity index is 883. The maximum absolute atomic E-state index is 13.3. The van der Waals surface area contributed by atoms with Gasteiger partial charge in [-0.05, 0) is 68.2 Å². The number of hydrogen-bond acceptors (Lipinski definition) is 4. The molecule has 1 heterocycles. The molecule has 1 amide bonds. The Morgan fingerprint density at radius 3 is 2.20 bits per heavy atom. The standard InChI is InChI=1S/C25H32N2O3/c1-18(2)22-16-23(20-12-14-21(29-6)15-13-20)27(24(28)30-25(3,4)5)26(22)17-19-10-8-7-9-11-19/h7-16,18,22H,17H2,1-6H3. The van der Waals surface area contributed by atoms with Crippen LogP contribution in [0.5, 0.6) is 5.75 Å². The van der Waals surface area contributed by atoms with Crippen LogP contribution >= 0.6 is 0 Å². The van der Waals surface area contributed by atoms with Gasteiger partial charge in [-0.3, -0.25) is 0 Å². The van der Waals surface area contributed by atoms with Crippen LogP contribution in [0.1, 0.15) is 45.7 Å². The summed E-state index contributed by atoms with van der Waals surface area (Å²) < 4.78 is 11.1. The van der Waals surface area contributed by atoms with Crippen LogP contribution in [-0.2, 0) is 11.3 Å². The lowest BCUT2D eigenvalue weighted by Gasteiger charge is -2.36. The Labute approximate surface area is 179 Å². The predicted molar refractivity (Wildman–Crippen MR) is 120 cm³/mol. The van der Waals surface area contributed by atoms with Gasteiger partial charge in [0.1, 0.15) is 11.4 Å². The first-order valence-electron chi connectivity index (χ1n) is 10.4. The summed E-state index contributed by atoms with van der Waals surface area (Å²) >= 11 is 0. The van der Waals surface area contributed by atoms with E-state index >= 15 is 0 Å². The number of nitrogens with zero attached hydrogens (tertiary/aromatic N) is 2. The van der Waals surface area contributed by atoms with Crippen molar-refractivity contribution in [3.8, 4) is 5.75 Å². The summed E-state index contributed by atoms with van der Waals surface area (Å²) in [5.41, 5.74) is 2.33. The lowest BCUT2D eigenvalue weighted by atomic mass is 10.0. The number of hydrogen-bond donors (Lipinski definition) is 0. The minimum atomic E-state index is -0.587. The molecule has 0 bridgehead atoms. The molecule has 0 spiro atoms. The van der Waals surface area contributed by atoms with Crippen LogP contribution in [0.4, 0.5) is 4.79 Å². The molecule has 1 aliphatic heterocycles. The fourth-order valence-electron chi connectivity index (χ4n) is 3.56. The zero-order valence-corrected chi connectivity index (χ0v) is 18.8. The van der Waals surface area contributed by atoms with Crippen molar-refractivity contribution in [3.05, 3.63) is 71.8 Å². The number of methoxy groups -OCH3 is 1. The Morgan fingerprint density at radius 1 is 1.03 bits per heavy atom. The highest BCUT2D eigenvalue weighted by Gasteiger charge is 2.40. The van der Waals surface area contributed by atoms with Crippen LogP contribution in [0.15, 0.2) is 60.7 Å². The Hall–Kier alpha value is -2.79. The molecule has 2 aromatic carbocycles. The average Bonchev–Trinajstić information content (AvgIpc) is 3.07. The molecule has 1 atom stereocenters. The van der Waals surface area contributed by atoms with Gasteiger partial charge in [-0.15, -0.1) is 0 Å². The monoisotopic (exact) mass is 408 g/mol. The molecule has 0 saturated carbocycles. The van der Waals surface area contributed by atoms with E-state index in [2.05, 4.69) is 37.1 Å². The van der Waals surface area contributed by atoms with Gasteiger partial charge in [0.15, 0.2) is 0 Å². The fourth-order valence-corrected chi connectivity index (χ4v) is 3.56. The Kier molecular flexibility index (Phi) is 6.52. The summed E-state index contributed by atoms with van der Waals surface area (Å²) in [6.07, 6.45) is 1.79. The first kappa shape index (κ1) is 21.9. The molecule has 1 aliphatic rings. The van der Waals surface area contributed by atoms with Gasteiger partial charge >= 0.3 is 6.09 Å². The van der Waals surface area contributed by atoms with Crippen molar-refractivity contribution < 1.29 is 14.3 Å². The second-order valence-electron chi connectivity index (χ2n) is 8.89. The van der Waals surface area contributed by atoms with Crippen molar-refractivity contribution in [2.45, 2.75) is 52.8 Å². The molecule has 5 nitrogen and oxygen atoms in total. The number of benzene rings is 2. The normalized spacial score (nSPS) is 17.2. The van der Waals surface area contributed by atoms with E-state index in [0.29, 0.717) is 12.5 Å². The van der Waals surface area contributed by atoms with Crippen molar-refractivity contribution in [2.24, 2.45) is 5.92 Å². The van der Waals surface area contributed by atoms with Crippen LogP contribution in [0.25, 0.3) is 5.70 Å². The lowest BCUT2D eigenvalue weighted by Crippen LogP contribution is -2.48.